The number of carbonyl (C=O) groups excluding carboxylic acids is 1. The minimum atomic E-state index is -0.921. The number of carboxylic acids is 1. The van der Waals surface area contributed by atoms with Gasteiger partial charge in [-0.15, -0.1) is 0 Å². The van der Waals surface area contributed by atoms with Crippen molar-refractivity contribution in [2.45, 2.75) is 27.3 Å². The van der Waals surface area contributed by atoms with Crippen molar-refractivity contribution in [2.24, 2.45) is 17.3 Å². The largest absolute Gasteiger partial charge is 0.481 e. The van der Waals surface area contributed by atoms with Crippen LogP contribution in [0.5, 0.6) is 0 Å². The van der Waals surface area contributed by atoms with Crippen molar-refractivity contribution in [3.63, 3.8) is 0 Å². The maximum Gasteiger partial charge on any atom is 0.307 e. The molecule has 1 aliphatic carbocycles. The lowest BCUT2D eigenvalue weighted by Crippen LogP contribution is -2.26. The van der Waals surface area contributed by atoms with Gasteiger partial charge in [0.25, 0.3) is 0 Å². The second-order valence-electron chi connectivity index (χ2n) is 5.27. The number of hydrogen-bond donors (Lipinski definition) is 2. The number of aliphatic carboxylic acids is 1. The van der Waals surface area contributed by atoms with E-state index in [2.05, 4.69) is 10.5 Å². The van der Waals surface area contributed by atoms with Crippen LogP contribution in [0.15, 0.2) is 10.6 Å². The predicted molar refractivity (Wildman–Crippen MR) is 61.5 cm³/mol. The predicted octanol–water partition coefficient (Wildman–Crippen LogP) is 0.956. The number of amides is 1. The van der Waals surface area contributed by atoms with Crippen molar-refractivity contribution in [1.29, 1.82) is 0 Å². The fraction of sp³-hybridized carbons (Fsp3) is 0.583. The highest BCUT2D eigenvalue weighted by Gasteiger charge is 2.65. The van der Waals surface area contributed by atoms with Crippen LogP contribution in [0.2, 0.25) is 0 Å². The summed E-state index contributed by atoms with van der Waals surface area (Å²) in [5.41, 5.74) is 0.266. The van der Waals surface area contributed by atoms with Crippen molar-refractivity contribution in [1.82, 2.24) is 10.5 Å². The number of nitrogens with one attached hydrogen (secondary N) is 1. The second kappa shape index (κ2) is 4.12. The monoisotopic (exact) mass is 252 g/mol. The summed E-state index contributed by atoms with van der Waals surface area (Å²) in [6.45, 7) is 5.60. The van der Waals surface area contributed by atoms with Crippen LogP contribution < -0.4 is 5.32 Å². The number of hydrogen-bond acceptors (Lipinski definition) is 4. The number of aryl methyl sites for hydroxylation is 1. The van der Waals surface area contributed by atoms with Crippen molar-refractivity contribution >= 4 is 11.9 Å². The van der Waals surface area contributed by atoms with Gasteiger partial charge < -0.3 is 14.9 Å². The van der Waals surface area contributed by atoms with Gasteiger partial charge in [0.2, 0.25) is 5.91 Å². The van der Waals surface area contributed by atoms with Gasteiger partial charge >= 0.3 is 5.97 Å². The molecular formula is C12H16N2O4. The number of carboxylic acid groups (broad SMARTS) is 1. The summed E-state index contributed by atoms with van der Waals surface area (Å²) < 4.78 is 4.96. The minimum absolute atomic E-state index is 0.235. The Morgan fingerprint density at radius 3 is 2.61 bits per heavy atom. The van der Waals surface area contributed by atoms with Crippen LogP contribution in [-0.4, -0.2) is 22.1 Å². The quantitative estimate of drug-likeness (QED) is 0.832. The van der Waals surface area contributed by atoms with E-state index < -0.39 is 23.2 Å². The van der Waals surface area contributed by atoms with Gasteiger partial charge in [0.1, 0.15) is 0 Å². The third-order valence-electron chi connectivity index (χ3n) is 3.49. The average Bonchev–Trinajstić information content (AvgIpc) is 2.63. The SMILES string of the molecule is Cc1cc(CNC(=O)[C@H]2[C@@H](C(=O)O)C2(C)C)on1. The van der Waals surface area contributed by atoms with Crippen LogP contribution in [0.4, 0.5) is 0 Å². The van der Waals surface area contributed by atoms with E-state index in [4.69, 9.17) is 9.63 Å². The number of nitrogens with zero attached hydrogens (tertiary/aromatic N) is 1. The summed E-state index contributed by atoms with van der Waals surface area (Å²) in [7, 11) is 0. The Balaban J connectivity index is 1.92. The molecule has 6 heteroatoms. The molecule has 98 valence electrons. The number of rotatable bonds is 4. The summed E-state index contributed by atoms with van der Waals surface area (Å²) >= 11 is 0. The van der Waals surface area contributed by atoms with E-state index in [1.54, 1.807) is 26.8 Å². The standard InChI is InChI=1S/C12H16N2O4/c1-6-4-7(18-14-6)5-13-10(15)8-9(11(16)17)12(8,2)3/h4,8-9H,5H2,1-3H3,(H,13,15)(H,16,17)/t8-,9+/m1/s1. The summed E-state index contributed by atoms with van der Waals surface area (Å²) in [5.74, 6) is -1.68. The molecule has 1 aliphatic rings. The van der Waals surface area contributed by atoms with E-state index >= 15 is 0 Å². The van der Waals surface area contributed by atoms with Gasteiger partial charge in [-0.2, -0.15) is 0 Å². The first kappa shape index (κ1) is 12.6. The van der Waals surface area contributed by atoms with Gasteiger partial charge in [-0.25, -0.2) is 0 Å². The van der Waals surface area contributed by atoms with Crippen LogP contribution in [-0.2, 0) is 16.1 Å². The molecule has 1 aromatic rings. The van der Waals surface area contributed by atoms with Gasteiger partial charge in [-0.05, 0) is 12.3 Å². The third kappa shape index (κ3) is 2.10. The Morgan fingerprint density at radius 1 is 1.50 bits per heavy atom. The lowest BCUT2D eigenvalue weighted by Gasteiger charge is -2.03. The Labute approximate surface area is 104 Å². The minimum Gasteiger partial charge on any atom is -0.481 e. The molecule has 2 atom stereocenters. The van der Waals surface area contributed by atoms with Crippen molar-refractivity contribution in [3.05, 3.63) is 17.5 Å². The first-order valence-electron chi connectivity index (χ1n) is 5.76. The van der Waals surface area contributed by atoms with E-state index in [0.29, 0.717) is 5.76 Å². The smallest absolute Gasteiger partial charge is 0.307 e. The molecule has 1 saturated carbocycles. The van der Waals surface area contributed by atoms with Crippen molar-refractivity contribution in [2.75, 3.05) is 0 Å². The van der Waals surface area contributed by atoms with Gasteiger partial charge in [0.15, 0.2) is 5.76 Å². The van der Waals surface area contributed by atoms with E-state index in [9.17, 15) is 9.59 Å². The van der Waals surface area contributed by atoms with Gasteiger partial charge in [0.05, 0.1) is 24.1 Å². The molecule has 2 N–H and O–H groups in total. The molecule has 1 amide bonds. The normalized spacial score (nSPS) is 24.6. The topological polar surface area (TPSA) is 92.4 Å². The maximum atomic E-state index is 11.9. The molecule has 0 spiro atoms. The van der Waals surface area contributed by atoms with Crippen molar-refractivity contribution < 1.29 is 19.2 Å². The lowest BCUT2D eigenvalue weighted by molar-refractivity contribution is -0.140. The molecule has 1 fully saturated rings. The highest BCUT2D eigenvalue weighted by atomic mass is 16.5. The van der Waals surface area contributed by atoms with E-state index in [0.717, 1.165) is 5.69 Å². The van der Waals surface area contributed by atoms with Crippen molar-refractivity contribution in [3.8, 4) is 0 Å². The van der Waals surface area contributed by atoms with Crippen LogP contribution in [0.25, 0.3) is 0 Å². The molecule has 2 rings (SSSR count). The Hall–Kier alpha value is -1.85. The van der Waals surface area contributed by atoms with Crippen LogP contribution in [0.3, 0.4) is 0 Å². The molecule has 0 radical (unpaired) electrons. The Bertz CT molecular complexity index is 492. The Morgan fingerprint density at radius 2 is 2.17 bits per heavy atom. The molecule has 1 aromatic heterocycles. The molecule has 0 unspecified atom stereocenters. The first-order chi connectivity index (χ1) is 8.34. The van der Waals surface area contributed by atoms with E-state index in [-0.39, 0.29) is 12.5 Å². The lowest BCUT2D eigenvalue weighted by atomic mass is 10.1. The zero-order chi connectivity index (χ0) is 13.5. The summed E-state index contributed by atoms with van der Waals surface area (Å²) in [4.78, 5) is 22.8. The highest BCUT2D eigenvalue weighted by molar-refractivity contribution is 5.91. The molecule has 1 heterocycles. The first-order valence-corrected chi connectivity index (χ1v) is 5.76. The number of carbonyl (C=O) groups is 2. The van der Waals surface area contributed by atoms with E-state index in [1.807, 2.05) is 0 Å². The average molecular weight is 252 g/mol. The molecule has 6 nitrogen and oxygen atoms in total. The van der Waals surface area contributed by atoms with Gasteiger partial charge in [0, 0.05) is 6.07 Å². The van der Waals surface area contributed by atoms with Crippen LogP contribution in [0.1, 0.15) is 25.3 Å². The van der Waals surface area contributed by atoms with Crippen LogP contribution in [0, 0.1) is 24.2 Å². The second-order valence-corrected chi connectivity index (χ2v) is 5.27. The third-order valence-corrected chi connectivity index (χ3v) is 3.49. The molecule has 0 saturated heterocycles. The zero-order valence-corrected chi connectivity index (χ0v) is 10.6. The zero-order valence-electron chi connectivity index (χ0n) is 10.6. The Kier molecular flexibility index (Phi) is 2.88. The summed E-state index contributed by atoms with van der Waals surface area (Å²) in [6, 6.07) is 1.73. The van der Waals surface area contributed by atoms with Crippen LogP contribution >= 0.6 is 0 Å². The number of aromatic nitrogens is 1. The van der Waals surface area contributed by atoms with E-state index in [1.165, 1.54) is 0 Å². The highest BCUT2D eigenvalue weighted by Crippen LogP contribution is 2.58. The molecule has 18 heavy (non-hydrogen) atoms. The fourth-order valence-corrected chi connectivity index (χ4v) is 2.37. The molecular weight excluding hydrogens is 236 g/mol. The van der Waals surface area contributed by atoms with Gasteiger partial charge in [-0.3, -0.25) is 9.59 Å². The summed E-state index contributed by atoms with van der Waals surface area (Å²) in [6.07, 6.45) is 0. The molecule has 0 aromatic carbocycles. The maximum absolute atomic E-state index is 11.9. The fourth-order valence-electron chi connectivity index (χ4n) is 2.37. The molecule has 0 aliphatic heterocycles. The summed E-state index contributed by atoms with van der Waals surface area (Å²) in [5, 5.41) is 15.4. The van der Waals surface area contributed by atoms with Gasteiger partial charge in [-0.1, -0.05) is 19.0 Å². The molecule has 0 bridgehead atoms.